The zero-order chi connectivity index (χ0) is 12.6. The van der Waals surface area contributed by atoms with Gasteiger partial charge in [-0.15, -0.1) is 0 Å². The van der Waals surface area contributed by atoms with E-state index in [9.17, 15) is 4.21 Å². The quantitative estimate of drug-likeness (QED) is 0.726. The van der Waals surface area contributed by atoms with Gasteiger partial charge in [0.15, 0.2) is 0 Å². The van der Waals surface area contributed by atoms with Crippen LogP contribution >= 0.6 is 11.8 Å². The lowest BCUT2D eigenvalue weighted by Gasteiger charge is -2.20. The molecule has 0 spiro atoms. The summed E-state index contributed by atoms with van der Waals surface area (Å²) in [5.41, 5.74) is 0. The molecule has 100 valence electrons. The Morgan fingerprint density at radius 2 is 1.83 bits per heavy atom. The fourth-order valence-electron chi connectivity index (χ4n) is 2.36. The molecule has 0 amide bonds. The van der Waals surface area contributed by atoms with Gasteiger partial charge in [-0.2, -0.15) is 11.8 Å². The molecule has 1 atom stereocenters. The summed E-state index contributed by atoms with van der Waals surface area (Å²) in [5.74, 6) is 1.98. The molecule has 0 radical (unpaired) electrons. The van der Waals surface area contributed by atoms with Gasteiger partial charge in [0.05, 0.1) is 10.8 Å². The lowest BCUT2D eigenvalue weighted by molar-refractivity contribution is 0.516. The largest absolute Gasteiger partial charge is 0.254 e. The van der Waals surface area contributed by atoms with Crippen LogP contribution in [0.2, 0.25) is 0 Å². The van der Waals surface area contributed by atoms with Gasteiger partial charge in [-0.3, -0.25) is 4.21 Å². The molecule has 0 bridgehead atoms. The molecule has 0 aromatic heterocycles. The molecule has 1 aromatic carbocycles. The predicted octanol–water partition coefficient (Wildman–Crippen LogP) is 4.25. The second-order valence-electron chi connectivity index (χ2n) is 4.85. The number of hydrogen-bond acceptors (Lipinski definition) is 2. The standard InChI is InChI=1S/C15H22OS2/c16-18(15-10-5-2-6-11-15)13-7-12-17-14-8-3-1-4-9-14/h2,5-6,10-11,14H,1,3-4,7-9,12-13H2. The van der Waals surface area contributed by atoms with Crippen LogP contribution in [0.3, 0.4) is 0 Å². The fourth-order valence-corrected chi connectivity index (χ4v) is 4.96. The van der Waals surface area contributed by atoms with Crippen LogP contribution in [0.15, 0.2) is 35.2 Å². The second kappa shape index (κ2) is 8.00. The van der Waals surface area contributed by atoms with E-state index in [4.69, 9.17) is 0 Å². The topological polar surface area (TPSA) is 17.1 Å². The van der Waals surface area contributed by atoms with Crippen LogP contribution in [0, 0.1) is 0 Å². The first-order valence-corrected chi connectivity index (χ1v) is 9.28. The van der Waals surface area contributed by atoms with Crippen LogP contribution in [-0.2, 0) is 10.8 Å². The summed E-state index contributed by atoms with van der Waals surface area (Å²) in [6.45, 7) is 0. The van der Waals surface area contributed by atoms with Crippen LogP contribution in [0.25, 0.3) is 0 Å². The van der Waals surface area contributed by atoms with Gasteiger partial charge in [0.2, 0.25) is 0 Å². The number of hydrogen-bond donors (Lipinski definition) is 0. The highest BCUT2D eigenvalue weighted by atomic mass is 32.2. The van der Waals surface area contributed by atoms with Crippen molar-refractivity contribution in [3.63, 3.8) is 0 Å². The summed E-state index contributed by atoms with van der Waals surface area (Å²) in [4.78, 5) is 0.972. The highest BCUT2D eigenvalue weighted by Gasteiger charge is 2.13. The lowest BCUT2D eigenvalue weighted by atomic mass is 10.0. The molecule has 18 heavy (non-hydrogen) atoms. The van der Waals surface area contributed by atoms with E-state index in [0.29, 0.717) is 0 Å². The summed E-state index contributed by atoms with van der Waals surface area (Å²) < 4.78 is 12.0. The molecule has 1 aliphatic carbocycles. The van der Waals surface area contributed by atoms with E-state index < -0.39 is 10.8 Å². The molecule has 0 aliphatic heterocycles. The third-order valence-electron chi connectivity index (χ3n) is 3.39. The Hall–Kier alpha value is -0.280. The highest BCUT2D eigenvalue weighted by molar-refractivity contribution is 7.99. The molecule has 1 unspecified atom stereocenters. The zero-order valence-electron chi connectivity index (χ0n) is 10.8. The van der Waals surface area contributed by atoms with E-state index in [-0.39, 0.29) is 0 Å². The van der Waals surface area contributed by atoms with Gasteiger partial charge < -0.3 is 0 Å². The summed E-state index contributed by atoms with van der Waals surface area (Å²) in [6, 6.07) is 9.82. The predicted molar refractivity (Wildman–Crippen MR) is 81.7 cm³/mol. The molecule has 0 saturated heterocycles. The van der Waals surface area contributed by atoms with Gasteiger partial charge in [0.25, 0.3) is 0 Å². The van der Waals surface area contributed by atoms with Crippen LogP contribution in [0.5, 0.6) is 0 Å². The minimum absolute atomic E-state index is 0.803. The van der Waals surface area contributed by atoms with Gasteiger partial charge in [0, 0.05) is 15.9 Å². The van der Waals surface area contributed by atoms with Gasteiger partial charge in [-0.25, -0.2) is 0 Å². The first kappa shape index (κ1) is 14.1. The maximum Gasteiger partial charge on any atom is 0.0529 e. The van der Waals surface area contributed by atoms with Crippen LogP contribution in [0.4, 0.5) is 0 Å². The first-order chi connectivity index (χ1) is 8.86. The molecule has 1 aromatic rings. The Morgan fingerprint density at radius 3 is 2.56 bits per heavy atom. The molecule has 0 N–H and O–H groups in total. The van der Waals surface area contributed by atoms with Crippen molar-refractivity contribution in [2.75, 3.05) is 11.5 Å². The molecule has 2 rings (SSSR count). The van der Waals surface area contributed by atoms with Crippen molar-refractivity contribution in [3.8, 4) is 0 Å². The Bertz CT molecular complexity index is 358. The molecule has 3 heteroatoms. The zero-order valence-corrected chi connectivity index (χ0v) is 12.5. The molecule has 1 nitrogen and oxygen atoms in total. The smallest absolute Gasteiger partial charge is 0.0529 e. The normalized spacial score (nSPS) is 18.7. The average molecular weight is 282 g/mol. The molecule has 1 saturated carbocycles. The number of rotatable bonds is 6. The maximum atomic E-state index is 12.0. The minimum atomic E-state index is -0.803. The van der Waals surface area contributed by atoms with Crippen molar-refractivity contribution in [2.24, 2.45) is 0 Å². The Morgan fingerprint density at radius 1 is 1.11 bits per heavy atom. The Balaban J connectivity index is 1.62. The molecule has 0 heterocycles. The van der Waals surface area contributed by atoms with Crippen molar-refractivity contribution >= 4 is 22.6 Å². The van der Waals surface area contributed by atoms with Gasteiger partial charge >= 0.3 is 0 Å². The maximum absolute atomic E-state index is 12.0. The molecular formula is C15H22OS2. The molecule has 1 fully saturated rings. The van der Waals surface area contributed by atoms with E-state index in [0.717, 1.165) is 22.3 Å². The van der Waals surface area contributed by atoms with E-state index in [2.05, 4.69) is 11.8 Å². The van der Waals surface area contributed by atoms with Crippen molar-refractivity contribution < 1.29 is 4.21 Å². The monoisotopic (exact) mass is 282 g/mol. The van der Waals surface area contributed by atoms with Crippen LogP contribution in [0.1, 0.15) is 38.5 Å². The third-order valence-corrected chi connectivity index (χ3v) is 6.31. The van der Waals surface area contributed by atoms with Crippen LogP contribution < -0.4 is 0 Å². The summed E-state index contributed by atoms with van der Waals surface area (Å²) in [5, 5.41) is 0.879. The van der Waals surface area contributed by atoms with Crippen molar-refractivity contribution in [1.29, 1.82) is 0 Å². The minimum Gasteiger partial charge on any atom is -0.254 e. The van der Waals surface area contributed by atoms with Crippen molar-refractivity contribution in [2.45, 2.75) is 48.7 Å². The van der Waals surface area contributed by atoms with Crippen LogP contribution in [-0.4, -0.2) is 21.0 Å². The van der Waals surface area contributed by atoms with E-state index >= 15 is 0 Å². The van der Waals surface area contributed by atoms with Gasteiger partial charge in [-0.05, 0) is 37.1 Å². The number of thioether (sulfide) groups is 1. The molecular weight excluding hydrogens is 260 g/mol. The fraction of sp³-hybridized carbons (Fsp3) is 0.600. The second-order valence-corrected chi connectivity index (χ2v) is 7.83. The van der Waals surface area contributed by atoms with Crippen molar-refractivity contribution in [3.05, 3.63) is 30.3 Å². The van der Waals surface area contributed by atoms with E-state index in [1.165, 1.54) is 37.9 Å². The summed E-state index contributed by atoms with van der Waals surface area (Å²) in [6.07, 6.45) is 8.11. The van der Waals surface area contributed by atoms with E-state index in [1.807, 2.05) is 30.3 Å². The third kappa shape index (κ3) is 4.77. The molecule has 1 aliphatic rings. The number of benzene rings is 1. The van der Waals surface area contributed by atoms with Gasteiger partial charge in [0.1, 0.15) is 0 Å². The SMILES string of the molecule is O=S(CCCSC1CCCCC1)c1ccccc1. The lowest BCUT2D eigenvalue weighted by Crippen LogP contribution is -2.09. The Kier molecular flexibility index (Phi) is 6.29. The summed E-state index contributed by atoms with van der Waals surface area (Å²) >= 11 is 2.10. The van der Waals surface area contributed by atoms with E-state index in [1.54, 1.807) is 0 Å². The average Bonchev–Trinajstić information content (AvgIpc) is 2.45. The van der Waals surface area contributed by atoms with Crippen molar-refractivity contribution in [1.82, 2.24) is 0 Å². The Labute approximate surface area is 117 Å². The van der Waals surface area contributed by atoms with Gasteiger partial charge in [-0.1, -0.05) is 37.5 Å². The highest BCUT2D eigenvalue weighted by Crippen LogP contribution is 2.28. The summed E-state index contributed by atoms with van der Waals surface area (Å²) in [7, 11) is -0.803. The first-order valence-electron chi connectivity index (χ1n) is 6.91.